The smallest absolute Gasteiger partial charge is 0.323 e. The third-order valence-corrected chi connectivity index (χ3v) is 3.36. The van der Waals surface area contributed by atoms with Gasteiger partial charge in [0.15, 0.2) is 0 Å². The molecule has 0 aliphatic rings. The molecule has 22 heavy (non-hydrogen) atoms. The molecule has 0 atom stereocenters. The van der Waals surface area contributed by atoms with Crippen LogP contribution in [0.2, 0.25) is 5.02 Å². The van der Waals surface area contributed by atoms with E-state index < -0.39 is 5.97 Å². The van der Waals surface area contributed by atoms with Crippen LogP contribution in [-0.2, 0) is 17.9 Å². The zero-order valence-corrected chi connectivity index (χ0v) is 12.8. The Labute approximate surface area is 132 Å². The van der Waals surface area contributed by atoms with Gasteiger partial charge in [-0.2, -0.15) is 5.10 Å². The number of nitrogens with zero attached hydrogens (tertiary/aromatic N) is 3. The van der Waals surface area contributed by atoms with Gasteiger partial charge in [0, 0.05) is 24.3 Å². The summed E-state index contributed by atoms with van der Waals surface area (Å²) < 4.78 is 1.62. The van der Waals surface area contributed by atoms with Gasteiger partial charge in [-0.3, -0.25) is 14.3 Å². The maximum Gasteiger partial charge on any atom is 0.323 e. The zero-order valence-electron chi connectivity index (χ0n) is 12.1. The highest BCUT2D eigenvalue weighted by Crippen LogP contribution is 2.13. The number of aromatic nitrogens is 2. The van der Waals surface area contributed by atoms with Crippen molar-refractivity contribution in [2.24, 2.45) is 0 Å². The Hall–Kier alpha value is -2.34. The number of aliphatic carboxylic acids is 1. The Bertz CT molecular complexity index is 667. The van der Waals surface area contributed by atoms with Crippen LogP contribution in [0, 0.1) is 0 Å². The second-order valence-electron chi connectivity index (χ2n) is 4.77. The third-order valence-electron chi connectivity index (χ3n) is 3.10. The van der Waals surface area contributed by atoms with Crippen molar-refractivity contribution < 1.29 is 14.7 Å². The summed E-state index contributed by atoms with van der Waals surface area (Å²) in [5, 5.41) is 13.6. The van der Waals surface area contributed by atoms with E-state index in [0.717, 1.165) is 5.56 Å². The van der Waals surface area contributed by atoms with Gasteiger partial charge in [0.1, 0.15) is 6.54 Å². The van der Waals surface area contributed by atoms with E-state index in [1.807, 2.05) is 6.92 Å². The summed E-state index contributed by atoms with van der Waals surface area (Å²) in [5.41, 5.74) is 1.18. The summed E-state index contributed by atoms with van der Waals surface area (Å²) in [5.74, 6) is -1.43. The van der Waals surface area contributed by atoms with Crippen molar-refractivity contribution in [1.29, 1.82) is 0 Å². The maximum atomic E-state index is 12.5. The van der Waals surface area contributed by atoms with Crippen LogP contribution in [0.3, 0.4) is 0 Å². The predicted octanol–water partition coefficient (Wildman–Crippen LogP) is 2.28. The minimum absolute atomic E-state index is 0.194. The van der Waals surface area contributed by atoms with Gasteiger partial charge in [-0.15, -0.1) is 0 Å². The van der Waals surface area contributed by atoms with Crippen LogP contribution in [0.4, 0.5) is 0 Å². The van der Waals surface area contributed by atoms with E-state index in [1.165, 1.54) is 11.1 Å². The van der Waals surface area contributed by atoms with Crippen molar-refractivity contribution in [3.05, 3.63) is 52.8 Å². The fourth-order valence-corrected chi connectivity index (χ4v) is 2.13. The topological polar surface area (TPSA) is 75.4 Å². The lowest BCUT2D eigenvalue weighted by atomic mass is 10.2. The third kappa shape index (κ3) is 4.08. The highest BCUT2D eigenvalue weighted by molar-refractivity contribution is 6.30. The first-order valence-corrected chi connectivity index (χ1v) is 7.15. The molecule has 2 rings (SSSR count). The van der Waals surface area contributed by atoms with E-state index >= 15 is 0 Å². The second-order valence-corrected chi connectivity index (χ2v) is 5.20. The molecular formula is C15H16ClN3O3. The summed E-state index contributed by atoms with van der Waals surface area (Å²) in [7, 11) is 0. The van der Waals surface area contributed by atoms with E-state index in [1.54, 1.807) is 35.1 Å². The minimum Gasteiger partial charge on any atom is -0.480 e. The Morgan fingerprint density at radius 2 is 2.00 bits per heavy atom. The number of aryl methyl sites for hydroxylation is 1. The van der Waals surface area contributed by atoms with Crippen molar-refractivity contribution in [2.45, 2.75) is 20.0 Å². The highest BCUT2D eigenvalue weighted by atomic mass is 35.5. The molecule has 2 aromatic rings. The number of hydrogen-bond acceptors (Lipinski definition) is 3. The number of halogens is 1. The Morgan fingerprint density at radius 1 is 1.32 bits per heavy atom. The summed E-state index contributed by atoms with van der Waals surface area (Å²) in [6, 6.07) is 6.94. The standard InChI is InChI=1S/C15H16ClN3O3/c1-2-19-9-12(7-17-19)15(22)18(10-14(20)21)8-11-3-5-13(16)6-4-11/h3-7,9H,2,8,10H2,1H3,(H,20,21). The van der Waals surface area contributed by atoms with Crippen molar-refractivity contribution in [1.82, 2.24) is 14.7 Å². The number of carbonyl (C=O) groups is 2. The summed E-state index contributed by atoms with van der Waals surface area (Å²) >= 11 is 5.82. The molecule has 1 amide bonds. The molecule has 0 saturated carbocycles. The van der Waals surface area contributed by atoms with Gasteiger partial charge in [0.05, 0.1) is 11.8 Å². The van der Waals surface area contributed by atoms with Crippen LogP contribution in [-0.4, -0.2) is 38.2 Å². The van der Waals surface area contributed by atoms with Crippen LogP contribution in [0.25, 0.3) is 0 Å². The largest absolute Gasteiger partial charge is 0.480 e. The normalized spacial score (nSPS) is 10.5. The number of hydrogen-bond donors (Lipinski definition) is 1. The number of benzene rings is 1. The average Bonchev–Trinajstić information content (AvgIpc) is 2.96. The van der Waals surface area contributed by atoms with Gasteiger partial charge in [-0.25, -0.2) is 0 Å². The first-order chi connectivity index (χ1) is 10.5. The number of carboxylic acid groups (broad SMARTS) is 1. The lowest BCUT2D eigenvalue weighted by Gasteiger charge is -2.20. The van der Waals surface area contributed by atoms with E-state index in [2.05, 4.69) is 5.10 Å². The summed E-state index contributed by atoms with van der Waals surface area (Å²) in [6.45, 7) is 2.37. The maximum absolute atomic E-state index is 12.5. The molecule has 116 valence electrons. The SMILES string of the molecule is CCn1cc(C(=O)N(CC(=O)O)Cc2ccc(Cl)cc2)cn1. The highest BCUT2D eigenvalue weighted by Gasteiger charge is 2.20. The molecule has 7 heteroatoms. The number of carbonyl (C=O) groups excluding carboxylic acids is 1. The van der Waals surface area contributed by atoms with Crippen LogP contribution in [0.5, 0.6) is 0 Å². The summed E-state index contributed by atoms with van der Waals surface area (Å²) in [4.78, 5) is 24.7. The van der Waals surface area contributed by atoms with Crippen molar-refractivity contribution >= 4 is 23.5 Å². The quantitative estimate of drug-likeness (QED) is 0.885. The molecule has 1 N–H and O–H groups in total. The molecule has 0 unspecified atom stereocenters. The van der Waals surface area contributed by atoms with Crippen LogP contribution >= 0.6 is 11.6 Å². The zero-order chi connectivity index (χ0) is 16.1. The molecule has 0 spiro atoms. The van der Waals surface area contributed by atoms with E-state index in [0.29, 0.717) is 17.1 Å². The Kier molecular flexibility index (Phi) is 5.16. The van der Waals surface area contributed by atoms with E-state index in [4.69, 9.17) is 16.7 Å². The second kappa shape index (κ2) is 7.09. The van der Waals surface area contributed by atoms with E-state index in [9.17, 15) is 9.59 Å². The molecule has 0 bridgehead atoms. The lowest BCUT2D eigenvalue weighted by Crippen LogP contribution is -2.35. The summed E-state index contributed by atoms with van der Waals surface area (Å²) in [6.07, 6.45) is 3.06. The molecule has 0 fully saturated rings. The van der Waals surface area contributed by atoms with E-state index in [-0.39, 0.29) is 19.0 Å². The van der Waals surface area contributed by atoms with Crippen molar-refractivity contribution in [2.75, 3.05) is 6.54 Å². The van der Waals surface area contributed by atoms with Gasteiger partial charge < -0.3 is 10.0 Å². The van der Waals surface area contributed by atoms with Gasteiger partial charge in [-0.1, -0.05) is 23.7 Å². The predicted molar refractivity (Wildman–Crippen MR) is 81.7 cm³/mol. The molecular weight excluding hydrogens is 306 g/mol. The first kappa shape index (κ1) is 16.0. The fourth-order valence-electron chi connectivity index (χ4n) is 2.00. The van der Waals surface area contributed by atoms with Gasteiger partial charge >= 0.3 is 5.97 Å². The molecule has 0 aliphatic heterocycles. The monoisotopic (exact) mass is 321 g/mol. The van der Waals surface area contributed by atoms with Crippen molar-refractivity contribution in [3.8, 4) is 0 Å². The molecule has 0 saturated heterocycles. The Morgan fingerprint density at radius 3 is 2.55 bits per heavy atom. The van der Waals surface area contributed by atoms with Gasteiger partial charge in [0.25, 0.3) is 5.91 Å². The average molecular weight is 322 g/mol. The molecule has 6 nitrogen and oxygen atoms in total. The molecule has 0 aliphatic carbocycles. The van der Waals surface area contributed by atoms with Crippen LogP contribution in [0.15, 0.2) is 36.7 Å². The lowest BCUT2D eigenvalue weighted by molar-refractivity contribution is -0.137. The minimum atomic E-state index is -1.06. The fraction of sp³-hybridized carbons (Fsp3) is 0.267. The van der Waals surface area contributed by atoms with Crippen molar-refractivity contribution in [3.63, 3.8) is 0 Å². The van der Waals surface area contributed by atoms with Gasteiger partial charge in [0.2, 0.25) is 0 Å². The Balaban J connectivity index is 2.19. The van der Waals surface area contributed by atoms with Crippen LogP contribution in [0.1, 0.15) is 22.8 Å². The number of rotatable bonds is 6. The number of carboxylic acids is 1. The number of amides is 1. The van der Waals surface area contributed by atoms with Crippen LogP contribution < -0.4 is 0 Å². The first-order valence-electron chi connectivity index (χ1n) is 6.77. The molecule has 1 aromatic carbocycles. The van der Waals surface area contributed by atoms with Gasteiger partial charge in [-0.05, 0) is 24.6 Å². The molecule has 0 radical (unpaired) electrons. The molecule has 1 heterocycles. The molecule has 1 aromatic heterocycles.